The van der Waals surface area contributed by atoms with Crippen LogP contribution < -0.4 is 66.0 Å². The van der Waals surface area contributed by atoms with Gasteiger partial charge in [0, 0.05) is 11.9 Å². The predicted molar refractivity (Wildman–Crippen MR) is 107 cm³/mol. The van der Waals surface area contributed by atoms with Gasteiger partial charge >= 0.3 is 57.4 Å². The summed E-state index contributed by atoms with van der Waals surface area (Å²) in [7, 11) is 2.88. The largest absolute Gasteiger partial charge is 1.00 e. The second kappa shape index (κ2) is 13.0. The number of aliphatic hydroxyl groups is 1. The Labute approximate surface area is 228 Å². The quantitative estimate of drug-likeness (QED) is 0.319. The van der Waals surface area contributed by atoms with E-state index in [9.17, 15) is 20.1 Å². The number of carboxylic acids is 1. The van der Waals surface area contributed by atoms with Crippen molar-refractivity contribution in [3.63, 3.8) is 0 Å². The van der Waals surface area contributed by atoms with Gasteiger partial charge < -0.3 is 39.4 Å². The molecular formula is C22H25KO9. The molecule has 3 rings (SSSR count). The Kier molecular flexibility index (Phi) is 11.5. The summed E-state index contributed by atoms with van der Waals surface area (Å²) in [4.78, 5) is 21.1. The third-order valence-corrected chi connectivity index (χ3v) is 4.89. The van der Waals surface area contributed by atoms with Crippen molar-refractivity contribution in [3.05, 3.63) is 47.5 Å². The van der Waals surface area contributed by atoms with E-state index in [1.165, 1.54) is 26.4 Å². The first-order valence-electron chi connectivity index (χ1n) is 9.43. The number of aromatic hydroxyl groups is 2. The Bertz CT molecular complexity index is 928. The Hall–Kier alpha value is -1.82. The smallest absolute Gasteiger partial charge is 0.550 e. The van der Waals surface area contributed by atoms with E-state index < -0.39 is 23.9 Å². The molecule has 2 aromatic rings. The summed E-state index contributed by atoms with van der Waals surface area (Å²) in [5.41, 5.74) is 1.32. The van der Waals surface area contributed by atoms with E-state index in [1.54, 1.807) is 24.3 Å². The molecule has 10 heteroatoms. The van der Waals surface area contributed by atoms with Gasteiger partial charge in [-0.1, -0.05) is 12.1 Å². The molecule has 32 heavy (non-hydrogen) atoms. The maximum atomic E-state index is 12.2. The summed E-state index contributed by atoms with van der Waals surface area (Å²) >= 11 is 0. The summed E-state index contributed by atoms with van der Waals surface area (Å²) in [6, 6.07) is 9.44. The Morgan fingerprint density at radius 2 is 1.66 bits per heavy atom. The molecule has 3 atom stereocenters. The number of hydrogen-bond acceptors (Lipinski definition) is 9. The zero-order valence-electron chi connectivity index (χ0n) is 18.4. The van der Waals surface area contributed by atoms with E-state index in [4.69, 9.17) is 24.1 Å². The molecule has 0 amide bonds. The van der Waals surface area contributed by atoms with Crippen LogP contribution in [0.1, 0.15) is 24.2 Å². The second-order valence-electron chi connectivity index (χ2n) is 6.98. The first-order valence-corrected chi connectivity index (χ1v) is 9.43. The fourth-order valence-corrected chi connectivity index (χ4v) is 3.35. The molecule has 1 aliphatic heterocycles. The summed E-state index contributed by atoms with van der Waals surface area (Å²) in [5, 5.41) is 39.1. The molecular weight excluding hydrogens is 447 g/mol. The van der Waals surface area contributed by atoms with Crippen LogP contribution in [0, 0.1) is 11.8 Å². The number of phenolic OH excluding ortho intramolecular Hbond substituents is 2. The average Bonchev–Trinajstić information content (AvgIpc) is 3.09. The molecule has 0 aliphatic carbocycles. The van der Waals surface area contributed by atoms with Crippen molar-refractivity contribution < 1.29 is 95.6 Å². The van der Waals surface area contributed by atoms with Crippen molar-refractivity contribution in [2.24, 2.45) is 11.8 Å². The fourth-order valence-electron chi connectivity index (χ4n) is 3.35. The van der Waals surface area contributed by atoms with E-state index in [2.05, 4.69) is 0 Å². The maximum absolute atomic E-state index is 12.2. The molecule has 3 N–H and O–H groups in total. The molecule has 168 valence electrons. The van der Waals surface area contributed by atoms with Crippen LogP contribution in [0.4, 0.5) is 0 Å². The van der Waals surface area contributed by atoms with Gasteiger partial charge in [0.1, 0.15) is 0 Å². The first-order chi connectivity index (χ1) is 14.7. The predicted octanol–water partition coefficient (Wildman–Crippen LogP) is -2.06. The van der Waals surface area contributed by atoms with Crippen LogP contribution in [0.25, 0.3) is 0 Å². The minimum Gasteiger partial charge on any atom is -0.550 e. The Morgan fingerprint density at radius 3 is 2.22 bits per heavy atom. The number of benzene rings is 2. The number of carbonyl (C=O) groups is 2. The van der Waals surface area contributed by atoms with Crippen molar-refractivity contribution in [2.75, 3.05) is 20.8 Å². The Balaban J connectivity index is 0.000000945. The standard InChI is InChI=1S/C20H22O7.C2H4O2.K/c1-25-17-8-11(3-5-15(17)21)7-13-14(10-27-20(13)24)19(23)12-4-6-16(22)18(9-12)26-2;1-2(3)4;/h3-6,8-9,13-14,19,21-23H,7,10H2,1-2H3;1H3,(H,3,4);/q;;+1/p-1. The number of esters is 1. The Morgan fingerprint density at radius 1 is 1.12 bits per heavy atom. The van der Waals surface area contributed by atoms with Crippen molar-refractivity contribution in [2.45, 2.75) is 19.4 Å². The number of methoxy groups -OCH3 is 2. The van der Waals surface area contributed by atoms with Gasteiger partial charge in [-0.05, 0) is 48.7 Å². The molecule has 3 unspecified atom stereocenters. The zero-order chi connectivity index (χ0) is 23.1. The van der Waals surface area contributed by atoms with Gasteiger partial charge in [-0.3, -0.25) is 4.79 Å². The number of rotatable bonds is 6. The van der Waals surface area contributed by atoms with Crippen LogP contribution in [0.2, 0.25) is 0 Å². The summed E-state index contributed by atoms with van der Waals surface area (Å²) in [5.74, 6) is -1.91. The van der Waals surface area contributed by atoms with Crippen molar-refractivity contribution in [1.82, 2.24) is 0 Å². The molecule has 0 bridgehead atoms. The van der Waals surface area contributed by atoms with Crippen LogP contribution in [-0.4, -0.2) is 48.1 Å². The van der Waals surface area contributed by atoms with Crippen molar-refractivity contribution >= 4 is 11.9 Å². The molecule has 2 aromatic carbocycles. The average molecular weight is 473 g/mol. The number of phenols is 2. The van der Waals surface area contributed by atoms with E-state index in [0.29, 0.717) is 17.7 Å². The van der Waals surface area contributed by atoms with Gasteiger partial charge in [0.05, 0.1) is 32.8 Å². The minimum absolute atomic E-state index is 0. The van der Waals surface area contributed by atoms with E-state index >= 15 is 0 Å². The van der Waals surface area contributed by atoms with Gasteiger partial charge in [0.15, 0.2) is 23.0 Å². The van der Waals surface area contributed by atoms with E-state index in [1.807, 2.05) is 0 Å². The minimum atomic E-state index is -1.08. The number of carboxylic acid groups (broad SMARTS) is 1. The summed E-state index contributed by atoms with van der Waals surface area (Å²) < 4.78 is 15.4. The van der Waals surface area contributed by atoms with E-state index in [-0.39, 0.29) is 81.2 Å². The van der Waals surface area contributed by atoms with Gasteiger partial charge in [-0.15, -0.1) is 0 Å². The van der Waals surface area contributed by atoms with Gasteiger partial charge in [-0.25, -0.2) is 0 Å². The number of aliphatic carboxylic acids is 1. The van der Waals surface area contributed by atoms with Crippen LogP contribution in [0.5, 0.6) is 23.0 Å². The molecule has 1 fully saturated rings. The normalized spacial score (nSPS) is 17.8. The number of carbonyl (C=O) groups excluding carboxylic acids is 2. The SMILES string of the molecule is CC(=O)[O-].COc1cc(CC2C(=O)OCC2C(O)c2ccc(O)c(OC)c2)ccc1O.[K+]. The molecule has 1 heterocycles. The van der Waals surface area contributed by atoms with E-state index in [0.717, 1.165) is 12.5 Å². The monoisotopic (exact) mass is 472 g/mol. The maximum Gasteiger partial charge on any atom is 1.00 e. The summed E-state index contributed by atoms with van der Waals surface area (Å²) in [6.07, 6.45) is -0.623. The molecule has 1 saturated heterocycles. The van der Waals surface area contributed by atoms with Crippen LogP contribution in [0.3, 0.4) is 0 Å². The van der Waals surface area contributed by atoms with Crippen LogP contribution in [-0.2, 0) is 20.7 Å². The fraction of sp³-hybridized carbons (Fsp3) is 0.364. The topological polar surface area (TPSA) is 146 Å². The third-order valence-electron chi connectivity index (χ3n) is 4.89. The second-order valence-corrected chi connectivity index (χ2v) is 6.98. The number of ether oxygens (including phenoxy) is 3. The third kappa shape index (κ3) is 7.36. The number of hydrogen-bond donors (Lipinski definition) is 3. The molecule has 0 radical (unpaired) electrons. The molecule has 9 nitrogen and oxygen atoms in total. The number of aliphatic hydroxyl groups excluding tert-OH is 1. The van der Waals surface area contributed by atoms with Crippen molar-refractivity contribution in [1.29, 1.82) is 0 Å². The van der Waals surface area contributed by atoms with Crippen LogP contribution in [0.15, 0.2) is 36.4 Å². The van der Waals surface area contributed by atoms with Crippen LogP contribution >= 0.6 is 0 Å². The molecule has 0 saturated carbocycles. The summed E-state index contributed by atoms with van der Waals surface area (Å²) in [6.45, 7) is 1.07. The van der Waals surface area contributed by atoms with Gasteiger partial charge in [0.2, 0.25) is 0 Å². The van der Waals surface area contributed by atoms with Crippen molar-refractivity contribution in [3.8, 4) is 23.0 Å². The van der Waals surface area contributed by atoms with Gasteiger partial charge in [-0.2, -0.15) is 0 Å². The molecule has 0 spiro atoms. The molecule has 1 aliphatic rings. The number of cyclic esters (lactones) is 1. The zero-order valence-corrected chi connectivity index (χ0v) is 21.5. The molecule has 0 aromatic heterocycles. The first kappa shape index (κ1) is 28.2. The van der Waals surface area contributed by atoms with Gasteiger partial charge in [0.25, 0.3) is 0 Å².